The molecule has 0 aliphatic heterocycles. The van der Waals surface area contributed by atoms with Gasteiger partial charge in [0.2, 0.25) is 0 Å². The second kappa shape index (κ2) is 3.82. The first-order valence-corrected chi connectivity index (χ1v) is 2.57. The molecule has 0 rings (SSSR count). The number of amides is 2. The van der Waals surface area contributed by atoms with E-state index in [0.717, 1.165) is 0 Å². The van der Waals surface area contributed by atoms with E-state index >= 15 is 0 Å². The normalized spacial score (nSPS) is 8.22. The van der Waals surface area contributed by atoms with Crippen molar-refractivity contribution in [3.8, 4) is 0 Å². The molecule has 52 valence electrons. The zero-order valence-corrected chi connectivity index (χ0v) is 5.42. The van der Waals surface area contributed by atoms with E-state index in [1.807, 2.05) is 0 Å². The van der Waals surface area contributed by atoms with Gasteiger partial charge in [0, 0.05) is 13.6 Å². The molecular formula is C4H9N3O2. The molecule has 0 atom stereocenters. The molecule has 0 aliphatic rings. The number of carbonyl (C=O) groups excluding carboxylic acids is 1. The molecule has 0 fully saturated rings. The van der Waals surface area contributed by atoms with Crippen LogP contribution >= 0.6 is 0 Å². The van der Waals surface area contributed by atoms with Gasteiger partial charge in [0.15, 0.2) is 0 Å². The Bertz CT molecular complexity index is 114. The molecule has 0 saturated carbocycles. The van der Waals surface area contributed by atoms with E-state index in [1.165, 1.54) is 7.05 Å². The zero-order valence-electron chi connectivity index (χ0n) is 5.42. The van der Waals surface area contributed by atoms with Crippen LogP contribution in [0, 0.1) is 4.91 Å². The monoisotopic (exact) mass is 131 g/mol. The minimum Gasteiger partial charge on any atom is -0.337 e. The molecule has 0 spiro atoms. The van der Waals surface area contributed by atoms with Crippen molar-refractivity contribution in [2.24, 2.45) is 5.29 Å². The van der Waals surface area contributed by atoms with Crippen molar-refractivity contribution in [1.82, 2.24) is 10.3 Å². The summed E-state index contributed by atoms with van der Waals surface area (Å²) in [6, 6.07) is -0.479. The number of nitrogens with one attached hydrogen (secondary N) is 1. The fourth-order valence-electron chi connectivity index (χ4n) is 0.303. The van der Waals surface area contributed by atoms with Crippen LogP contribution in [-0.4, -0.2) is 24.6 Å². The standard InChI is InChI=1S/C4H9N3O2/c1-3-5-4(8)7(2)6-9/h3H2,1-2H3,(H,5,8). The maximum atomic E-state index is 10.5. The summed E-state index contributed by atoms with van der Waals surface area (Å²) in [5, 5.41) is 5.47. The lowest BCUT2D eigenvalue weighted by molar-refractivity contribution is 0.210. The van der Waals surface area contributed by atoms with E-state index in [1.54, 1.807) is 6.92 Å². The van der Waals surface area contributed by atoms with Crippen LogP contribution in [0.4, 0.5) is 4.79 Å². The molecule has 0 saturated heterocycles. The molecule has 0 radical (unpaired) electrons. The molecule has 5 nitrogen and oxygen atoms in total. The Hall–Kier alpha value is -1.13. The topological polar surface area (TPSA) is 61.8 Å². The second-order valence-electron chi connectivity index (χ2n) is 1.44. The van der Waals surface area contributed by atoms with Gasteiger partial charge in [0.05, 0.1) is 5.29 Å². The average molecular weight is 131 g/mol. The first kappa shape index (κ1) is 7.87. The van der Waals surface area contributed by atoms with Crippen molar-refractivity contribution in [3.63, 3.8) is 0 Å². The summed E-state index contributed by atoms with van der Waals surface area (Å²) in [5.74, 6) is 0. The molecule has 9 heavy (non-hydrogen) atoms. The lowest BCUT2D eigenvalue weighted by Crippen LogP contribution is -2.33. The lowest BCUT2D eigenvalue weighted by Gasteiger charge is -2.05. The summed E-state index contributed by atoms with van der Waals surface area (Å²) < 4.78 is 0. The van der Waals surface area contributed by atoms with Gasteiger partial charge in [-0.05, 0) is 6.92 Å². The first-order valence-electron chi connectivity index (χ1n) is 2.57. The van der Waals surface area contributed by atoms with Crippen molar-refractivity contribution >= 4 is 6.03 Å². The van der Waals surface area contributed by atoms with E-state index in [9.17, 15) is 9.70 Å². The maximum absolute atomic E-state index is 10.5. The zero-order chi connectivity index (χ0) is 7.28. The summed E-state index contributed by atoms with van der Waals surface area (Å²) in [5.41, 5.74) is 0. The molecule has 0 aromatic carbocycles. The van der Waals surface area contributed by atoms with Crippen molar-refractivity contribution < 1.29 is 4.79 Å². The Balaban J connectivity index is 3.58. The van der Waals surface area contributed by atoms with Gasteiger partial charge >= 0.3 is 6.03 Å². The molecule has 0 unspecified atom stereocenters. The average Bonchev–Trinajstić information content (AvgIpc) is 1.87. The minimum absolute atomic E-state index is 0.479. The summed E-state index contributed by atoms with van der Waals surface area (Å²) in [6.07, 6.45) is 0. The lowest BCUT2D eigenvalue weighted by atomic mass is 10.7. The quantitative estimate of drug-likeness (QED) is 0.433. The van der Waals surface area contributed by atoms with Gasteiger partial charge in [-0.25, -0.2) is 4.79 Å². The van der Waals surface area contributed by atoms with Gasteiger partial charge in [-0.1, -0.05) is 0 Å². The number of carbonyl (C=O) groups is 1. The third-order valence-corrected chi connectivity index (χ3v) is 0.744. The Morgan fingerprint density at radius 1 is 1.78 bits per heavy atom. The van der Waals surface area contributed by atoms with E-state index < -0.39 is 6.03 Å². The highest BCUT2D eigenvalue weighted by molar-refractivity contribution is 5.73. The van der Waals surface area contributed by atoms with Gasteiger partial charge in [0.25, 0.3) is 0 Å². The van der Waals surface area contributed by atoms with Crippen molar-refractivity contribution in [2.45, 2.75) is 6.92 Å². The van der Waals surface area contributed by atoms with E-state index in [-0.39, 0.29) is 0 Å². The van der Waals surface area contributed by atoms with Crippen LogP contribution in [0.25, 0.3) is 0 Å². The number of hydrogen-bond acceptors (Lipinski definition) is 3. The highest BCUT2D eigenvalue weighted by atomic mass is 16.3. The molecule has 0 aromatic heterocycles. The van der Waals surface area contributed by atoms with Crippen LogP contribution in [0.3, 0.4) is 0 Å². The van der Waals surface area contributed by atoms with Gasteiger partial charge in [0.1, 0.15) is 0 Å². The third-order valence-electron chi connectivity index (χ3n) is 0.744. The van der Waals surface area contributed by atoms with E-state index in [0.29, 0.717) is 11.6 Å². The van der Waals surface area contributed by atoms with Crippen LogP contribution in [-0.2, 0) is 0 Å². The largest absolute Gasteiger partial charge is 0.340 e. The predicted octanol–water partition coefficient (Wildman–Crippen LogP) is 0.329. The maximum Gasteiger partial charge on any atom is 0.340 e. The van der Waals surface area contributed by atoms with Gasteiger partial charge in [-0.3, -0.25) is 0 Å². The van der Waals surface area contributed by atoms with Crippen LogP contribution in [0.15, 0.2) is 5.29 Å². The Kier molecular flexibility index (Phi) is 3.34. The van der Waals surface area contributed by atoms with Crippen LogP contribution in [0.2, 0.25) is 0 Å². The van der Waals surface area contributed by atoms with Crippen LogP contribution in [0.1, 0.15) is 6.92 Å². The molecule has 0 heterocycles. The summed E-state index contributed by atoms with van der Waals surface area (Å²) in [6.45, 7) is 2.26. The smallest absolute Gasteiger partial charge is 0.337 e. The highest BCUT2D eigenvalue weighted by Gasteiger charge is 2.03. The number of urea groups is 1. The van der Waals surface area contributed by atoms with Gasteiger partial charge < -0.3 is 5.32 Å². The van der Waals surface area contributed by atoms with Crippen LogP contribution in [0.5, 0.6) is 0 Å². The minimum atomic E-state index is -0.479. The summed E-state index contributed by atoms with van der Waals surface area (Å²) in [4.78, 5) is 20.1. The van der Waals surface area contributed by atoms with Crippen LogP contribution < -0.4 is 5.32 Å². The Morgan fingerprint density at radius 2 is 2.33 bits per heavy atom. The molecule has 0 aliphatic carbocycles. The molecule has 5 heteroatoms. The fraction of sp³-hybridized carbons (Fsp3) is 0.750. The highest BCUT2D eigenvalue weighted by Crippen LogP contribution is 1.81. The van der Waals surface area contributed by atoms with Gasteiger partial charge in [-0.15, -0.1) is 4.91 Å². The van der Waals surface area contributed by atoms with Crippen molar-refractivity contribution in [3.05, 3.63) is 4.91 Å². The van der Waals surface area contributed by atoms with Gasteiger partial charge in [-0.2, -0.15) is 5.01 Å². The molecule has 0 bridgehead atoms. The molecular weight excluding hydrogens is 122 g/mol. The fourth-order valence-corrected chi connectivity index (χ4v) is 0.303. The van der Waals surface area contributed by atoms with E-state index in [2.05, 4.69) is 10.6 Å². The number of rotatable bonds is 2. The SMILES string of the molecule is CCNC(=O)N(C)N=O. The number of nitrogens with zero attached hydrogens (tertiary/aromatic N) is 2. The number of hydrogen-bond donors (Lipinski definition) is 1. The molecule has 1 N–H and O–H groups in total. The Labute approximate surface area is 53.0 Å². The molecule has 2 amide bonds. The van der Waals surface area contributed by atoms with E-state index in [4.69, 9.17) is 0 Å². The number of nitroso groups, excluding NO2 is 1. The molecule has 0 aromatic rings. The third kappa shape index (κ3) is 2.63. The summed E-state index contributed by atoms with van der Waals surface area (Å²) in [7, 11) is 1.29. The van der Waals surface area contributed by atoms with Crippen molar-refractivity contribution in [2.75, 3.05) is 13.6 Å². The predicted molar refractivity (Wildman–Crippen MR) is 32.6 cm³/mol. The Morgan fingerprint density at radius 3 is 2.67 bits per heavy atom. The second-order valence-corrected chi connectivity index (χ2v) is 1.44. The summed E-state index contributed by atoms with van der Waals surface area (Å²) >= 11 is 0. The first-order chi connectivity index (χ1) is 4.22. The van der Waals surface area contributed by atoms with Crippen molar-refractivity contribution in [1.29, 1.82) is 0 Å².